The third kappa shape index (κ3) is 2.63. The first-order valence-corrected chi connectivity index (χ1v) is 7.12. The van der Waals surface area contributed by atoms with Crippen molar-refractivity contribution in [1.29, 1.82) is 0 Å². The minimum atomic E-state index is -0.442. The Hall–Kier alpha value is -1.63. The average Bonchev–Trinajstić information content (AvgIpc) is 2.97. The Kier molecular flexibility index (Phi) is 4.27. The Morgan fingerprint density at radius 2 is 2.15 bits per heavy atom. The molecular formula is C13H22N4O3. The molecule has 20 heavy (non-hydrogen) atoms. The van der Waals surface area contributed by atoms with Crippen LogP contribution in [0.5, 0.6) is 0 Å². The molecule has 1 aliphatic carbocycles. The van der Waals surface area contributed by atoms with E-state index in [0.717, 1.165) is 32.1 Å². The van der Waals surface area contributed by atoms with Crippen LogP contribution in [0, 0.1) is 10.1 Å². The van der Waals surface area contributed by atoms with Crippen LogP contribution in [0.2, 0.25) is 0 Å². The van der Waals surface area contributed by atoms with E-state index in [1.54, 1.807) is 7.05 Å². The van der Waals surface area contributed by atoms with E-state index in [9.17, 15) is 15.2 Å². The van der Waals surface area contributed by atoms with Crippen LogP contribution in [0.25, 0.3) is 0 Å². The van der Waals surface area contributed by atoms with Gasteiger partial charge in [0.25, 0.3) is 0 Å². The van der Waals surface area contributed by atoms with Gasteiger partial charge in [0, 0.05) is 7.05 Å². The molecule has 0 radical (unpaired) electrons. The van der Waals surface area contributed by atoms with Gasteiger partial charge in [0.1, 0.15) is 5.69 Å². The molecule has 2 rings (SSSR count). The Labute approximate surface area is 118 Å². The maximum atomic E-state index is 11.3. The first-order valence-electron chi connectivity index (χ1n) is 7.12. The molecule has 0 aliphatic heterocycles. The minimum absolute atomic E-state index is 0.0154. The third-order valence-electron chi connectivity index (χ3n) is 4.01. The number of hydrogen-bond donors (Lipinski definition) is 2. The van der Waals surface area contributed by atoms with Crippen LogP contribution in [0.1, 0.15) is 44.7 Å². The van der Waals surface area contributed by atoms with Crippen LogP contribution in [0.15, 0.2) is 0 Å². The zero-order valence-corrected chi connectivity index (χ0v) is 12.1. The standard InChI is InChI=1S/C13H22N4O3/c1-3-6-10-11(17(19)20)12(16(2)15-10)14-13(9-18)7-4-5-8-13/h14,18H,3-9H2,1-2H3. The second-order valence-corrected chi connectivity index (χ2v) is 5.55. The number of aliphatic hydroxyl groups excluding tert-OH is 1. The monoisotopic (exact) mass is 282 g/mol. The lowest BCUT2D eigenvalue weighted by atomic mass is 9.99. The van der Waals surface area contributed by atoms with Crippen molar-refractivity contribution in [2.45, 2.75) is 51.0 Å². The molecule has 1 aliphatic rings. The van der Waals surface area contributed by atoms with E-state index in [1.165, 1.54) is 4.68 Å². The lowest BCUT2D eigenvalue weighted by Gasteiger charge is -2.28. The summed E-state index contributed by atoms with van der Waals surface area (Å²) >= 11 is 0. The van der Waals surface area contributed by atoms with Gasteiger partial charge in [0.05, 0.1) is 17.1 Å². The van der Waals surface area contributed by atoms with Crippen molar-refractivity contribution in [1.82, 2.24) is 9.78 Å². The summed E-state index contributed by atoms with van der Waals surface area (Å²) in [4.78, 5) is 11.0. The number of nitrogens with one attached hydrogen (secondary N) is 1. The zero-order valence-electron chi connectivity index (χ0n) is 12.1. The molecule has 1 heterocycles. The molecule has 0 atom stereocenters. The first kappa shape index (κ1) is 14.8. The predicted molar refractivity (Wildman–Crippen MR) is 75.8 cm³/mol. The van der Waals surface area contributed by atoms with Gasteiger partial charge in [-0.25, -0.2) is 4.68 Å². The SMILES string of the molecule is CCCc1nn(C)c(NC2(CO)CCCC2)c1[N+](=O)[O-]. The van der Waals surface area contributed by atoms with Gasteiger partial charge >= 0.3 is 5.69 Å². The van der Waals surface area contributed by atoms with E-state index >= 15 is 0 Å². The zero-order chi connectivity index (χ0) is 14.8. The molecule has 1 fully saturated rings. The highest BCUT2D eigenvalue weighted by Crippen LogP contribution is 2.37. The van der Waals surface area contributed by atoms with Crippen molar-refractivity contribution in [3.63, 3.8) is 0 Å². The molecule has 7 heteroatoms. The van der Waals surface area contributed by atoms with Crippen LogP contribution < -0.4 is 5.32 Å². The van der Waals surface area contributed by atoms with Crippen LogP contribution in [-0.2, 0) is 13.5 Å². The van der Waals surface area contributed by atoms with Crippen LogP contribution in [0.3, 0.4) is 0 Å². The molecule has 0 aromatic carbocycles. The summed E-state index contributed by atoms with van der Waals surface area (Å²) in [5, 5.41) is 28.5. The number of aliphatic hydroxyl groups is 1. The second kappa shape index (κ2) is 5.78. The van der Waals surface area contributed by atoms with E-state index in [1.807, 2.05) is 6.92 Å². The Balaban J connectivity index is 2.37. The van der Waals surface area contributed by atoms with Gasteiger partial charge in [0.15, 0.2) is 0 Å². The maximum Gasteiger partial charge on any atom is 0.334 e. The largest absolute Gasteiger partial charge is 0.394 e. The van der Waals surface area contributed by atoms with Crippen molar-refractivity contribution in [3.8, 4) is 0 Å². The van der Waals surface area contributed by atoms with Crippen LogP contribution in [-0.4, -0.2) is 32.0 Å². The summed E-state index contributed by atoms with van der Waals surface area (Å²) in [5.74, 6) is 0.411. The molecule has 0 saturated heterocycles. The van der Waals surface area contributed by atoms with Crippen molar-refractivity contribution in [2.24, 2.45) is 7.05 Å². The summed E-state index contributed by atoms with van der Waals surface area (Å²) in [6, 6.07) is 0. The minimum Gasteiger partial charge on any atom is -0.394 e. The van der Waals surface area contributed by atoms with Gasteiger partial charge in [-0.15, -0.1) is 0 Å². The van der Waals surface area contributed by atoms with Crippen LogP contribution >= 0.6 is 0 Å². The third-order valence-corrected chi connectivity index (χ3v) is 4.01. The fraction of sp³-hybridized carbons (Fsp3) is 0.769. The molecule has 2 N–H and O–H groups in total. The van der Waals surface area contributed by atoms with Gasteiger partial charge in [0.2, 0.25) is 5.82 Å². The summed E-state index contributed by atoms with van der Waals surface area (Å²) in [7, 11) is 1.70. The van der Waals surface area contributed by atoms with E-state index in [4.69, 9.17) is 0 Å². The van der Waals surface area contributed by atoms with Crippen molar-refractivity contribution < 1.29 is 10.0 Å². The summed E-state index contributed by atoms with van der Waals surface area (Å²) in [6.07, 6.45) is 5.10. The number of nitrogens with zero attached hydrogens (tertiary/aromatic N) is 3. The molecule has 1 aromatic rings. The smallest absolute Gasteiger partial charge is 0.334 e. The topological polar surface area (TPSA) is 93.2 Å². The van der Waals surface area contributed by atoms with E-state index < -0.39 is 5.54 Å². The molecular weight excluding hydrogens is 260 g/mol. The van der Waals surface area contributed by atoms with Crippen LogP contribution in [0.4, 0.5) is 11.5 Å². The van der Waals surface area contributed by atoms with E-state index in [2.05, 4.69) is 10.4 Å². The fourth-order valence-corrected chi connectivity index (χ4v) is 2.93. The highest BCUT2D eigenvalue weighted by Gasteiger charge is 2.37. The number of nitro groups is 1. The lowest BCUT2D eigenvalue weighted by molar-refractivity contribution is -0.384. The number of anilines is 1. The quantitative estimate of drug-likeness (QED) is 0.615. The molecule has 7 nitrogen and oxygen atoms in total. The highest BCUT2D eigenvalue weighted by molar-refractivity contribution is 5.61. The Morgan fingerprint density at radius 1 is 1.50 bits per heavy atom. The number of hydrogen-bond acceptors (Lipinski definition) is 5. The molecule has 0 bridgehead atoms. The van der Waals surface area contributed by atoms with Gasteiger partial charge < -0.3 is 10.4 Å². The Bertz CT molecular complexity index is 492. The molecule has 0 amide bonds. The number of aryl methyl sites for hydroxylation is 2. The predicted octanol–water partition coefficient (Wildman–Crippen LogP) is 2.00. The number of rotatable bonds is 6. The second-order valence-electron chi connectivity index (χ2n) is 5.55. The van der Waals surface area contributed by atoms with Gasteiger partial charge in [-0.1, -0.05) is 26.2 Å². The Morgan fingerprint density at radius 3 is 2.65 bits per heavy atom. The summed E-state index contributed by atoms with van der Waals surface area (Å²) in [6.45, 7) is 1.95. The number of aromatic nitrogens is 2. The highest BCUT2D eigenvalue weighted by atomic mass is 16.6. The fourth-order valence-electron chi connectivity index (χ4n) is 2.93. The molecule has 0 spiro atoms. The van der Waals surface area contributed by atoms with Gasteiger partial charge in [-0.05, 0) is 19.3 Å². The summed E-state index contributed by atoms with van der Waals surface area (Å²) in [5.41, 5.74) is 0.116. The summed E-state index contributed by atoms with van der Waals surface area (Å²) < 4.78 is 1.53. The molecule has 112 valence electrons. The van der Waals surface area contributed by atoms with Crippen molar-refractivity contribution in [3.05, 3.63) is 15.8 Å². The van der Waals surface area contributed by atoms with Crippen molar-refractivity contribution >= 4 is 11.5 Å². The van der Waals surface area contributed by atoms with E-state index in [0.29, 0.717) is 17.9 Å². The van der Waals surface area contributed by atoms with E-state index in [-0.39, 0.29) is 17.2 Å². The molecule has 1 aromatic heterocycles. The molecule has 1 saturated carbocycles. The average molecular weight is 282 g/mol. The first-order chi connectivity index (χ1) is 9.53. The van der Waals surface area contributed by atoms with Gasteiger partial charge in [-0.3, -0.25) is 10.1 Å². The van der Waals surface area contributed by atoms with Gasteiger partial charge in [-0.2, -0.15) is 5.10 Å². The lowest BCUT2D eigenvalue weighted by Crippen LogP contribution is -2.39. The molecule has 0 unspecified atom stereocenters. The van der Waals surface area contributed by atoms with Crippen molar-refractivity contribution in [2.75, 3.05) is 11.9 Å². The normalized spacial score (nSPS) is 17.4. The maximum absolute atomic E-state index is 11.3.